The number of benzene rings is 2. The minimum Gasteiger partial charge on any atom is -0.493 e. The second-order valence-electron chi connectivity index (χ2n) is 5.35. The zero-order valence-electron chi connectivity index (χ0n) is 13.9. The van der Waals surface area contributed by atoms with Gasteiger partial charge in [-0.15, -0.1) is 0 Å². The number of fused-ring (bicyclic) bond motifs is 1. The molecular formula is C18H18INO5. The first-order chi connectivity index (χ1) is 12.1. The van der Waals surface area contributed by atoms with E-state index >= 15 is 0 Å². The molecule has 0 unspecified atom stereocenters. The van der Waals surface area contributed by atoms with Crippen molar-refractivity contribution in [2.45, 2.75) is 6.42 Å². The molecule has 25 heavy (non-hydrogen) atoms. The molecule has 0 aliphatic carbocycles. The summed E-state index contributed by atoms with van der Waals surface area (Å²) in [5.41, 5.74) is 1.14. The number of halogens is 1. The van der Waals surface area contributed by atoms with E-state index in [1.807, 2.05) is 0 Å². The standard InChI is InChI=1S/C18H18INO5/c1-22-15-9-12(13(19)10-16(15)23-2)18(21)20-11-4-5-14-17(8-11)25-7-3-6-24-14/h4-5,8-10H,3,6-7H2,1-2H3,(H,20,21). The quantitative estimate of drug-likeness (QED) is 0.713. The fourth-order valence-corrected chi connectivity index (χ4v) is 3.15. The van der Waals surface area contributed by atoms with E-state index in [1.165, 1.54) is 7.11 Å². The van der Waals surface area contributed by atoms with Crippen LogP contribution in [0.5, 0.6) is 23.0 Å². The SMILES string of the molecule is COc1cc(I)c(C(=O)Nc2ccc3c(c2)OCCCO3)cc1OC. The van der Waals surface area contributed by atoms with Gasteiger partial charge in [-0.05, 0) is 46.9 Å². The largest absolute Gasteiger partial charge is 0.493 e. The Morgan fingerprint density at radius 3 is 2.44 bits per heavy atom. The molecule has 2 aromatic carbocycles. The van der Waals surface area contributed by atoms with Crippen LogP contribution in [0.3, 0.4) is 0 Å². The number of methoxy groups -OCH3 is 2. The van der Waals surface area contributed by atoms with Crippen LogP contribution >= 0.6 is 22.6 Å². The van der Waals surface area contributed by atoms with Crippen LogP contribution in [0.15, 0.2) is 30.3 Å². The third-order valence-corrected chi connectivity index (χ3v) is 4.62. The molecule has 0 aromatic heterocycles. The zero-order valence-corrected chi connectivity index (χ0v) is 16.1. The highest BCUT2D eigenvalue weighted by atomic mass is 127. The van der Waals surface area contributed by atoms with Crippen molar-refractivity contribution >= 4 is 34.2 Å². The minimum atomic E-state index is -0.236. The fourth-order valence-electron chi connectivity index (χ4n) is 2.47. The Bertz CT molecular complexity index is 793. The maximum absolute atomic E-state index is 12.7. The van der Waals surface area contributed by atoms with Gasteiger partial charge >= 0.3 is 0 Å². The molecule has 2 aromatic rings. The second-order valence-corrected chi connectivity index (χ2v) is 6.52. The maximum atomic E-state index is 12.7. The van der Waals surface area contributed by atoms with E-state index in [2.05, 4.69) is 27.9 Å². The summed E-state index contributed by atoms with van der Waals surface area (Å²) in [6.45, 7) is 1.22. The topological polar surface area (TPSA) is 66.0 Å². The number of anilines is 1. The Hall–Kier alpha value is -2.16. The highest BCUT2D eigenvalue weighted by molar-refractivity contribution is 14.1. The van der Waals surface area contributed by atoms with Gasteiger partial charge in [0.05, 0.1) is 33.0 Å². The van der Waals surface area contributed by atoms with Crippen LogP contribution in [-0.2, 0) is 0 Å². The van der Waals surface area contributed by atoms with Gasteiger partial charge in [0.2, 0.25) is 0 Å². The molecule has 1 N–H and O–H groups in total. The van der Waals surface area contributed by atoms with Crippen LogP contribution in [0.25, 0.3) is 0 Å². The molecule has 0 saturated heterocycles. The Morgan fingerprint density at radius 2 is 1.72 bits per heavy atom. The van der Waals surface area contributed by atoms with Gasteiger partial charge in [0, 0.05) is 21.7 Å². The van der Waals surface area contributed by atoms with Gasteiger partial charge in [0.25, 0.3) is 5.91 Å². The predicted octanol–water partition coefficient (Wildman–Crippen LogP) is 3.72. The van der Waals surface area contributed by atoms with Gasteiger partial charge in [-0.3, -0.25) is 4.79 Å². The maximum Gasteiger partial charge on any atom is 0.256 e. The molecule has 6 nitrogen and oxygen atoms in total. The summed E-state index contributed by atoms with van der Waals surface area (Å²) in [5.74, 6) is 2.18. The van der Waals surface area contributed by atoms with Crippen molar-refractivity contribution in [3.8, 4) is 23.0 Å². The Morgan fingerprint density at radius 1 is 1.04 bits per heavy atom. The number of hydrogen-bond donors (Lipinski definition) is 1. The second kappa shape index (κ2) is 7.81. The van der Waals surface area contributed by atoms with Crippen LogP contribution in [0.1, 0.15) is 16.8 Å². The predicted molar refractivity (Wildman–Crippen MR) is 102 cm³/mol. The number of rotatable bonds is 4. The lowest BCUT2D eigenvalue weighted by Gasteiger charge is -2.13. The first-order valence-corrected chi connectivity index (χ1v) is 8.82. The van der Waals surface area contributed by atoms with Gasteiger partial charge in [-0.2, -0.15) is 0 Å². The Kier molecular flexibility index (Phi) is 5.52. The molecular weight excluding hydrogens is 437 g/mol. The lowest BCUT2D eigenvalue weighted by atomic mass is 10.1. The first-order valence-electron chi connectivity index (χ1n) is 7.75. The first kappa shape index (κ1) is 17.7. The van der Waals surface area contributed by atoms with Crippen LogP contribution in [-0.4, -0.2) is 33.3 Å². The van der Waals surface area contributed by atoms with Crippen molar-refractivity contribution in [3.05, 3.63) is 39.5 Å². The third kappa shape index (κ3) is 3.92. The molecule has 7 heteroatoms. The summed E-state index contributed by atoms with van der Waals surface area (Å²) in [5, 5.41) is 2.88. The molecule has 0 fully saturated rings. The van der Waals surface area contributed by atoms with Gasteiger partial charge in [0.15, 0.2) is 23.0 Å². The normalized spacial score (nSPS) is 12.9. The summed E-state index contributed by atoms with van der Waals surface area (Å²) in [4.78, 5) is 12.7. The van der Waals surface area contributed by atoms with Crippen molar-refractivity contribution in [3.63, 3.8) is 0 Å². The third-order valence-electron chi connectivity index (χ3n) is 3.72. The highest BCUT2D eigenvalue weighted by Gasteiger charge is 2.17. The Balaban J connectivity index is 1.84. The van der Waals surface area contributed by atoms with Gasteiger partial charge in [0.1, 0.15) is 0 Å². The van der Waals surface area contributed by atoms with Crippen LogP contribution in [0.2, 0.25) is 0 Å². The van der Waals surface area contributed by atoms with Crippen LogP contribution in [0, 0.1) is 3.57 Å². The Labute approximate surface area is 159 Å². The van der Waals surface area contributed by atoms with Crippen molar-refractivity contribution < 1.29 is 23.7 Å². The van der Waals surface area contributed by atoms with E-state index < -0.39 is 0 Å². The number of ether oxygens (including phenoxy) is 4. The fraction of sp³-hybridized carbons (Fsp3) is 0.278. The van der Waals surface area contributed by atoms with Crippen LogP contribution < -0.4 is 24.3 Å². The lowest BCUT2D eigenvalue weighted by Crippen LogP contribution is -2.14. The van der Waals surface area contributed by atoms with E-state index in [4.69, 9.17) is 18.9 Å². The smallest absolute Gasteiger partial charge is 0.256 e. The monoisotopic (exact) mass is 455 g/mol. The van der Waals surface area contributed by atoms with Crippen LogP contribution in [0.4, 0.5) is 5.69 Å². The summed E-state index contributed by atoms with van der Waals surface area (Å²) < 4.78 is 22.5. The molecule has 1 amide bonds. The number of nitrogens with one attached hydrogen (secondary N) is 1. The van der Waals surface area contributed by atoms with Crippen molar-refractivity contribution in [1.29, 1.82) is 0 Å². The molecule has 132 valence electrons. The molecule has 0 radical (unpaired) electrons. The number of amides is 1. The molecule has 0 spiro atoms. The van der Waals surface area contributed by atoms with E-state index in [9.17, 15) is 4.79 Å². The van der Waals surface area contributed by atoms with Gasteiger partial charge in [-0.1, -0.05) is 0 Å². The van der Waals surface area contributed by atoms with Crippen molar-refractivity contribution in [2.24, 2.45) is 0 Å². The van der Waals surface area contributed by atoms with Gasteiger partial charge in [-0.25, -0.2) is 0 Å². The minimum absolute atomic E-state index is 0.236. The average molecular weight is 455 g/mol. The summed E-state index contributed by atoms with van der Waals surface area (Å²) in [7, 11) is 3.10. The summed E-state index contributed by atoms with van der Waals surface area (Å²) in [6, 6.07) is 8.79. The molecule has 1 aliphatic heterocycles. The number of carbonyl (C=O) groups is 1. The molecule has 3 rings (SSSR count). The van der Waals surface area contributed by atoms with Crippen molar-refractivity contribution in [1.82, 2.24) is 0 Å². The highest BCUT2D eigenvalue weighted by Crippen LogP contribution is 2.34. The molecule has 1 heterocycles. The van der Waals surface area contributed by atoms with E-state index in [-0.39, 0.29) is 5.91 Å². The van der Waals surface area contributed by atoms with E-state index in [1.54, 1.807) is 37.4 Å². The number of carbonyl (C=O) groups excluding carboxylic acids is 1. The van der Waals surface area contributed by atoms with Crippen molar-refractivity contribution in [2.75, 3.05) is 32.8 Å². The van der Waals surface area contributed by atoms with E-state index in [0.717, 1.165) is 9.99 Å². The molecule has 0 saturated carbocycles. The molecule has 1 aliphatic rings. The van der Waals surface area contributed by atoms with E-state index in [0.29, 0.717) is 47.5 Å². The average Bonchev–Trinajstić information content (AvgIpc) is 2.86. The summed E-state index contributed by atoms with van der Waals surface area (Å²) >= 11 is 2.10. The van der Waals surface area contributed by atoms with Gasteiger partial charge < -0.3 is 24.3 Å². The summed E-state index contributed by atoms with van der Waals surface area (Å²) in [6.07, 6.45) is 0.834. The lowest BCUT2D eigenvalue weighted by molar-refractivity contribution is 0.102. The molecule has 0 bridgehead atoms. The zero-order chi connectivity index (χ0) is 17.8. The molecule has 0 atom stereocenters. The number of hydrogen-bond acceptors (Lipinski definition) is 5.